The van der Waals surface area contributed by atoms with Gasteiger partial charge >= 0.3 is 0 Å². The van der Waals surface area contributed by atoms with Crippen LogP contribution in [0.5, 0.6) is 0 Å². The van der Waals surface area contributed by atoms with Crippen molar-refractivity contribution in [2.45, 2.75) is 18.0 Å². The summed E-state index contributed by atoms with van der Waals surface area (Å²) in [5, 5.41) is 9.87. The first-order valence-corrected chi connectivity index (χ1v) is 10.6. The van der Waals surface area contributed by atoms with E-state index in [1.54, 1.807) is 17.6 Å². The number of hydrogen-bond donors (Lipinski definition) is 3. The minimum absolute atomic E-state index is 0.00302. The molecule has 3 rings (SSSR count). The van der Waals surface area contributed by atoms with Gasteiger partial charge in [0.15, 0.2) is 12.3 Å². The van der Waals surface area contributed by atoms with Gasteiger partial charge in [-0.25, -0.2) is 13.6 Å². The summed E-state index contributed by atoms with van der Waals surface area (Å²) in [7, 11) is -3.75. The van der Waals surface area contributed by atoms with Crippen LogP contribution >= 0.6 is 11.3 Å². The zero-order chi connectivity index (χ0) is 19.3. The summed E-state index contributed by atoms with van der Waals surface area (Å²) >= 11 is 1.65. The molecule has 142 valence electrons. The highest BCUT2D eigenvalue weighted by molar-refractivity contribution is 7.89. The van der Waals surface area contributed by atoms with Gasteiger partial charge in [0, 0.05) is 5.69 Å². The van der Waals surface area contributed by atoms with Gasteiger partial charge in [0.1, 0.15) is 13.1 Å². The summed E-state index contributed by atoms with van der Waals surface area (Å²) in [6.07, 6.45) is 1.62. The molecule has 0 radical (unpaired) electrons. The van der Waals surface area contributed by atoms with Crippen molar-refractivity contribution < 1.29 is 22.5 Å². The number of nitrogens with one attached hydrogen (secondary N) is 2. The highest BCUT2D eigenvalue weighted by atomic mass is 32.2. The number of hydrogen-bond acceptors (Lipinski definition) is 5. The summed E-state index contributed by atoms with van der Waals surface area (Å²) in [6, 6.07) is 13.5. The van der Waals surface area contributed by atoms with E-state index < -0.39 is 10.0 Å². The lowest BCUT2D eigenvalue weighted by atomic mass is 10.3. The lowest BCUT2D eigenvalue weighted by Gasteiger charge is -2.17. The quantitative estimate of drug-likeness (QED) is 0.523. The number of primary sulfonamides is 1. The molecule has 0 saturated heterocycles. The molecule has 2 heterocycles. The fourth-order valence-electron chi connectivity index (χ4n) is 2.67. The SMILES string of the molecule is NS(=O)(=O)c1ccc(NC(=O)C[NH+](Cc2ccco2)Cc2cccs2)cc1. The van der Waals surface area contributed by atoms with E-state index in [0.29, 0.717) is 18.8 Å². The number of sulfonamides is 1. The van der Waals surface area contributed by atoms with Crippen LogP contribution in [-0.2, 0) is 27.9 Å². The standard InChI is InChI=1S/C18H19N3O4S2/c19-27(23,24)17-7-5-14(6-8-17)20-18(22)13-21(11-15-3-1-9-25-15)12-16-4-2-10-26-16/h1-10H,11-13H2,(H,20,22)(H2,19,23,24)/p+1. The van der Waals surface area contributed by atoms with Gasteiger partial charge in [-0.3, -0.25) is 4.79 Å². The predicted molar refractivity (Wildman–Crippen MR) is 103 cm³/mol. The maximum atomic E-state index is 12.5. The summed E-state index contributed by atoms with van der Waals surface area (Å²) in [6.45, 7) is 1.54. The average molecular weight is 407 g/mol. The van der Waals surface area contributed by atoms with Crippen molar-refractivity contribution in [2.75, 3.05) is 11.9 Å². The van der Waals surface area contributed by atoms with Gasteiger partial charge in [-0.1, -0.05) is 6.07 Å². The van der Waals surface area contributed by atoms with E-state index in [4.69, 9.17) is 9.56 Å². The Labute approximate surface area is 161 Å². The molecule has 1 aromatic carbocycles. The zero-order valence-electron chi connectivity index (χ0n) is 14.4. The Morgan fingerprint density at radius 2 is 1.89 bits per heavy atom. The topological polar surface area (TPSA) is 107 Å². The second-order valence-electron chi connectivity index (χ2n) is 6.06. The van der Waals surface area contributed by atoms with Gasteiger partial charge in [0.25, 0.3) is 5.91 Å². The number of rotatable bonds is 8. The second-order valence-corrected chi connectivity index (χ2v) is 8.65. The van der Waals surface area contributed by atoms with Crippen molar-refractivity contribution in [2.24, 2.45) is 5.14 Å². The molecule has 1 amide bonds. The number of nitrogens with two attached hydrogens (primary N) is 1. The van der Waals surface area contributed by atoms with E-state index in [2.05, 4.69) is 5.32 Å². The molecule has 0 spiro atoms. The summed E-state index contributed by atoms with van der Waals surface area (Å²) in [4.78, 5) is 14.7. The van der Waals surface area contributed by atoms with Crippen LogP contribution in [0, 0.1) is 0 Å². The average Bonchev–Trinajstić information content (AvgIpc) is 3.28. The number of amides is 1. The van der Waals surface area contributed by atoms with E-state index in [9.17, 15) is 13.2 Å². The van der Waals surface area contributed by atoms with Gasteiger partial charge in [-0.2, -0.15) is 0 Å². The van der Waals surface area contributed by atoms with Crippen LogP contribution in [0.3, 0.4) is 0 Å². The maximum absolute atomic E-state index is 12.5. The molecule has 7 nitrogen and oxygen atoms in total. The molecule has 0 aliphatic heterocycles. The largest absolute Gasteiger partial charge is 0.463 e. The van der Waals surface area contributed by atoms with Gasteiger partial charge in [0.05, 0.1) is 16.0 Å². The lowest BCUT2D eigenvalue weighted by molar-refractivity contribution is -0.920. The van der Waals surface area contributed by atoms with E-state index in [0.717, 1.165) is 10.7 Å². The van der Waals surface area contributed by atoms with E-state index >= 15 is 0 Å². The van der Waals surface area contributed by atoms with Crippen LogP contribution in [0.2, 0.25) is 0 Å². The van der Waals surface area contributed by atoms with Crippen molar-refractivity contribution in [3.8, 4) is 0 Å². The normalized spacial score (nSPS) is 12.6. The number of carbonyl (C=O) groups excluding carboxylic acids is 1. The van der Waals surface area contributed by atoms with Gasteiger partial charge in [-0.05, 0) is 47.8 Å². The minimum atomic E-state index is -3.75. The first-order chi connectivity index (χ1) is 12.9. The lowest BCUT2D eigenvalue weighted by Crippen LogP contribution is -3.10. The Bertz CT molecular complexity index is 930. The van der Waals surface area contributed by atoms with Crippen LogP contribution in [0.4, 0.5) is 5.69 Å². The van der Waals surface area contributed by atoms with Crippen molar-refractivity contribution >= 4 is 33.0 Å². The third-order valence-electron chi connectivity index (χ3n) is 3.89. The van der Waals surface area contributed by atoms with Crippen molar-refractivity contribution in [3.05, 3.63) is 70.8 Å². The Kier molecular flexibility index (Phi) is 6.07. The first-order valence-electron chi connectivity index (χ1n) is 8.21. The third-order valence-corrected chi connectivity index (χ3v) is 5.69. The Morgan fingerprint density at radius 1 is 1.11 bits per heavy atom. The predicted octanol–water partition coefficient (Wildman–Crippen LogP) is 1.21. The van der Waals surface area contributed by atoms with Crippen molar-refractivity contribution in [1.82, 2.24) is 0 Å². The number of anilines is 1. The molecule has 0 bridgehead atoms. The molecule has 1 unspecified atom stereocenters. The van der Waals surface area contributed by atoms with Crippen molar-refractivity contribution in [3.63, 3.8) is 0 Å². The highest BCUT2D eigenvalue weighted by Crippen LogP contribution is 2.12. The minimum Gasteiger partial charge on any atom is -0.463 e. The van der Waals surface area contributed by atoms with Crippen LogP contribution in [0.15, 0.2) is 69.5 Å². The van der Waals surface area contributed by atoms with E-state index in [-0.39, 0.29) is 17.3 Å². The number of quaternary nitrogens is 1. The number of furan rings is 1. The molecule has 0 aliphatic rings. The number of carbonyl (C=O) groups is 1. The van der Waals surface area contributed by atoms with Gasteiger partial charge in [0.2, 0.25) is 10.0 Å². The molecule has 27 heavy (non-hydrogen) atoms. The second kappa shape index (κ2) is 8.49. The van der Waals surface area contributed by atoms with Gasteiger partial charge in [-0.15, -0.1) is 11.3 Å². The molecule has 0 aliphatic carbocycles. The Morgan fingerprint density at radius 3 is 2.48 bits per heavy atom. The zero-order valence-corrected chi connectivity index (χ0v) is 16.1. The molecule has 0 fully saturated rings. The monoisotopic (exact) mass is 406 g/mol. The van der Waals surface area contributed by atoms with Crippen LogP contribution in [0.25, 0.3) is 0 Å². The summed E-state index contributed by atoms with van der Waals surface area (Å²) in [5.41, 5.74) is 0.515. The molecule has 9 heteroatoms. The van der Waals surface area contributed by atoms with Gasteiger partial charge < -0.3 is 14.6 Å². The Balaban J connectivity index is 1.64. The third kappa shape index (κ3) is 5.76. The van der Waals surface area contributed by atoms with Crippen molar-refractivity contribution in [1.29, 1.82) is 0 Å². The van der Waals surface area contributed by atoms with Crippen LogP contribution in [0.1, 0.15) is 10.6 Å². The molecule has 0 saturated carbocycles. The molecular formula is C18H20N3O4S2+. The van der Waals surface area contributed by atoms with E-state index in [1.807, 2.05) is 29.6 Å². The first kappa shape index (κ1) is 19.3. The number of thiophene rings is 1. The molecule has 3 aromatic rings. The fraction of sp³-hybridized carbons (Fsp3) is 0.167. The molecular weight excluding hydrogens is 386 g/mol. The molecule has 2 aromatic heterocycles. The molecule has 1 atom stereocenters. The van der Waals surface area contributed by atoms with E-state index in [1.165, 1.54) is 29.1 Å². The maximum Gasteiger partial charge on any atom is 0.279 e. The summed E-state index contributed by atoms with van der Waals surface area (Å²) in [5.74, 6) is 0.642. The summed E-state index contributed by atoms with van der Waals surface area (Å²) < 4.78 is 28.0. The highest BCUT2D eigenvalue weighted by Gasteiger charge is 2.18. The fourth-order valence-corrected chi connectivity index (χ4v) is 3.96. The smallest absolute Gasteiger partial charge is 0.279 e. The van der Waals surface area contributed by atoms with Crippen LogP contribution < -0.4 is 15.4 Å². The van der Waals surface area contributed by atoms with Crippen LogP contribution in [-0.4, -0.2) is 20.9 Å². The number of benzene rings is 1. The Hall–Kier alpha value is -2.46. The molecule has 4 N–H and O–H groups in total.